The van der Waals surface area contributed by atoms with Crippen molar-refractivity contribution in [3.05, 3.63) is 34.9 Å². The molecule has 1 aliphatic heterocycles. The standard InChI is InChI=1S/C16H27N3/c1-13-5-4-6-14(2)16(13)15(11-17)12-19-9-7-18(3)8-10-19/h4-6,15H,7-12,17H2,1-3H3. The molecule has 19 heavy (non-hydrogen) atoms. The fourth-order valence-electron chi connectivity index (χ4n) is 3.10. The Bertz CT molecular complexity index is 388. The maximum Gasteiger partial charge on any atom is 0.0110 e. The average Bonchev–Trinajstić information content (AvgIpc) is 2.39. The molecule has 3 heteroatoms. The number of piperazine rings is 1. The van der Waals surface area contributed by atoms with Gasteiger partial charge in [-0.15, -0.1) is 0 Å². The van der Waals surface area contributed by atoms with Gasteiger partial charge in [-0.05, 0) is 37.6 Å². The number of aryl methyl sites for hydroxylation is 2. The molecule has 106 valence electrons. The molecule has 2 N–H and O–H groups in total. The average molecular weight is 261 g/mol. The minimum atomic E-state index is 0.463. The van der Waals surface area contributed by atoms with Crippen molar-refractivity contribution >= 4 is 0 Å². The number of benzene rings is 1. The van der Waals surface area contributed by atoms with Gasteiger partial charge in [0.15, 0.2) is 0 Å². The zero-order valence-electron chi connectivity index (χ0n) is 12.5. The van der Waals surface area contributed by atoms with Gasteiger partial charge in [0, 0.05) is 45.2 Å². The molecule has 0 amide bonds. The number of likely N-dealkylation sites (N-methyl/N-ethyl adjacent to an activating group) is 1. The lowest BCUT2D eigenvalue weighted by Crippen LogP contribution is -2.46. The van der Waals surface area contributed by atoms with Gasteiger partial charge in [0.1, 0.15) is 0 Å². The second-order valence-electron chi connectivity index (χ2n) is 5.84. The zero-order valence-corrected chi connectivity index (χ0v) is 12.5. The second kappa shape index (κ2) is 6.51. The minimum Gasteiger partial charge on any atom is -0.330 e. The summed E-state index contributed by atoms with van der Waals surface area (Å²) in [6.45, 7) is 10.9. The molecule has 0 bridgehead atoms. The van der Waals surface area contributed by atoms with Crippen LogP contribution in [0.2, 0.25) is 0 Å². The van der Waals surface area contributed by atoms with E-state index < -0.39 is 0 Å². The lowest BCUT2D eigenvalue weighted by molar-refractivity contribution is 0.147. The molecule has 1 atom stereocenters. The van der Waals surface area contributed by atoms with Crippen molar-refractivity contribution in [1.82, 2.24) is 9.80 Å². The number of nitrogens with two attached hydrogens (primary N) is 1. The van der Waals surface area contributed by atoms with E-state index in [1.807, 2.05) is 0 Å². The molecule has 0 radical (unpaired) electrons. The molecule has 0 aromatic heterocycles. The molecule has 0 spiro atoms. The fraction of sp³-hybridized carbons (Fsp3) is 0.625. The first-order valence-corrected chi connectivity index (χ1v) is 7.29. The number of rotatable bonds is 4. The van der Waals surface area contributed by atoms with E-state index in [4.69, 9.17) is 5.73 Å². The van der Waals surface area contributed by atoms with Crippen LogP contribution in [-0.4, -0.2) is 56.1 Å². The third-order valence-electron chi connectivity index (χ3n) is 4.31. The lowest BCUT2D eigenvalue weighted by atomic mass is 9.90. The van der Waals surface area contributed by atoms with Crippen LogP contribution in [0.4, 0.5) is 0 Å². The van der Waals surface area contributed by atoms with E-state index in [1.54, 1.807) is 0 Å². The molecule has 0 saturated carbocycles. The largest absolute Gasteiger partial charge is 0.330 e. The highest BCUT2D eigenvalue weighted by Gasteiger charge is 2.20. The van der Waals surface area contributed by atoms with E-state index in [1.165, 1.54) is 29.8 Å². The molecule has 1 aromatic carbocycles. The number of nitrogens with zero attached hydrogens (tertiary/aromatic N) is 2. The van der Waals surface area contributed by atoms with E-state index in [2.05, 4.69) is 48.9 Å². The molecule has 1 unspecified atom stereocenters. The summed E-state index contributed by atoms with van der Waals surface area (Å²) in [6, 6.07) is 6.54. The molecule has 1 fully saturated rings. The molecular formula is C16H27N3. The Labute approximate surface area is 117 Å². The van der Waals surface area contributed by atoms with Gasteiger partial charge < -0.3 is 15.5 Å². The highest BCUT2D eigenvalue weighted by Crippen LogP contribution is 2.24. The van der Waals surface area contributed by atoms with Crippen molar-refractivity contribution in [3.8, 4) is 0 Å². The van der Waals surface area contributed by atoms with Crippen molar-refractivity contribution in [3.63, 3.8) is 0 Å². The maximum atomic E-state index is 6.05. The van der Waals surface area contributed by atoms with E-state index in [-0.39, 0.29) is 0 Å². The summed E-state index contributed by atoms with van der Waals surface area (Å²) in [4.78, 5) is 4.95. The van der Waals surface area contributed by atoms with Crippen LogP contribution in [0.5, 0.6) is 0 Å². The first kappa shape index (κ1) is 14.5. The minimum absolute atomic E-state index is 0.463. The van der Waals surface area contributed by atoms with Gasteiger partial charge in [-0.25, -0.2) is 0 Å². The second-order valence-corrected chi connectivity index (χ2v) is 5.84. The van der Waals surface area contributed by atoms with Crippen molar-refractivity contribution in [2.75, 3.05) is 46.3 Å². The zero-order chi connectivity index (χ0) is 13.8. The van der Waals surface area contributed by atoms with Crippen molar-refractivity contribution < 1.29 is 0 Å². The molecule has 1 aliphatic rings. The van der Waals surface area contributed by atoms with Crippen LogP contribution in [0, 0.1) is 13.8 Å². The van der Waals surface area contributed by atoms with Crippen LogP contribution in [0.25, 0.3) is 0 Å². The van der Waals surface area contributed by atoms with Gasteiger partial charge in [0.25, 0.3) is 0 Å². The van der Waals surface area contributed by atoms with Gasteiger partial charge in [-0.1, -0.05) is 18.2 Å². The summed E-state index contributed by atoms with van der Waals surface area (Å²) in [5, 5.41) is 0. The first-order valence-electron chi connectivity index (χ1n) is 7.29. The third-order valence-corrected chi connectivity index (χ3v) is 4.31. The van der Waals surface area contributed by atoms with Gasteiger partial charge in [0.05, 0.1) is 0 Å². The summed E-state index contributed by atoms with van der Waals surface area (Å²) < 4.78 is 0. The van der Waals surface area contributed by atoms with Gasteiger partial charge >= 0.3 is 0 Å². The Balaban J connectivity index is 2.08. The van der Waals surface area contributed by atoms with Crippen LogP contribution < -0.4 is 5.73 Å². The highest BCUT2D eigenvalue weighted by atomic mass is 15.2. The summed E-state index contributed by atoms with van der Waals surface area (Å²) in [5.41, 5.74) is 10.3. The van der Waals surface area contributed by atoms with Gasteiger partial charge in [-0.3, -0.25) is 0 Å². The lowest BCUT2D eigenvalue weighted by Gasteiger charge is -2.35. The normalized spacial score (nSPS) is 19.6. The van der Waals surface area contributed by atoms with Crippen LogP contribution in [0.1, 0.15) is 22.6 Å². The fourth-order valence-corrected chi connectivity index (χ4v) is 3.10. The van der Waals surface area contributed by atoms with Crippen LogP contribution in [-0.2, 0) is 0 Å². The van der Waals surface area contributed by atoms with E-state index in [9.17, 15) is 0 Å². The number of hydrogen-bond donors (Lipinski definition) is 1. The Morgan fingerprint density at radius 2 is 1.68 bits per heavy atom. The van der Waals surface area contributed by atoms with Crippen molar-refractivity contribution in [2.45, 2.75) is 19.8 Å². The smallest absolute Gasteiger partial charge is 0.0110 e. The topological polar surface area (TPSA) is 32.5 Å². The Morgan fingerprint density at radius 1 is 1.11 bits per heavy atom. The predicted molar refractivity (Wildman–Crippen MR) is 81.6 cm³/mol. The van der Waals surface area contributed by atoms with Crippen molar-refractivity contribution in [2.24, 2.45) is 5.73 Å². The van der Waals surface area contributed by atoms with E-state index in [0.717, 1.165) is 26.2 Å². The SMILES string of the molecule is Cc1cccc(C)c1C(CN)CN1CCN(C)CC1. The van der Waals surface area contributed by atoms with E-state index >= 15 is 0 Å². The van der Waals surface area contributed by atoms with Gasteiger partial charge in [-0.2, -0.15) is 0 Å². The maximum absolute atomic E-state index is 6.05. The van der Waals surface area contributed by atoms with Crippen LogP contribution in [0.3, 0.4) is 0 Å². The Hall–Kier alpha value is -0.900. The summed E-state index contributed by atoms with van der Waals surface area (Å²) >= 11 is 0. The monoisotopic (exact) mass is 261 g/mol. The molecule has 1 saturated heterocycles. The Kier molecular flexibility index (Phi) is 4.97. The molecule has 0 aliphatic carbocycles. The van der Waals surface area contributed by atoms with Crippen LogP contribution in [0.15, 0.2) is 18.2 Å². The third kappa shape index (κ3) is 3.56. The van der Waals surface area contributed by atoms with E-state index in [0.29, 0.717) is 5.92 Å². The number of hydrogen-bond acceptors (Lipinski definition) is 3. The van der Waals surface area contributed by atoms with Crippen LogP contribution >= 0.6 is 0 Å². The molecular weight excluding hydrogens is 234 g/mol. The molecule has 2 rings (SSSR count). The first-order chi connectivity index (χ1) is 9.11. The highest BCUT2D eigenvalue weighted by molar-refractivity contribution is 5.37. The molecule has 1 aromatic rings. The Morgan fingerprint density at radius 3 is 2.21 bits per heavy atom. The predicted octanol–water partition coefficient (Wildman–Crippen LogP) is 1.59. The molecule has 1 heterocycles. The van der Waals surface area contributed by atoms with Crippen molar-refractivity contribution in [1.29, 1.82) is 0 Å². The van der Waals surface area contributed by atoms with Gasteiger partial charge in [0.2, 0.25) is 0 Å². The molecule has 3 nitrogen and oxygen atoms in total. The quantitative estimate of drug-likeness (QED) is 0.893. The summed E-state index contributed by atoms with van der Waals surface area (Å²) in [5.74, 6) is 0.463. The summed E-state index contributed by atoms with van der Waals surface area (Å²) in [6.07, 6.45) is 0. The summed E-state index contributed by atoms with van der Waals surface area (Å²) in [7, 11) is 2.20.